The highest BCUT2D eigenvalue weighted by molar-refractivity contribution is 7.46. The lowest BCUT2D eigenvalue weighted by molar-refractivity contribution is 0.0384. The number of hydrogen-bond donors (Lipinski definition) is 3. The Labute approximate surface area is 58.9 Å². The van der Waals surface area contributed by atoms with Gasteiger partial charge in [-0.3, -0.25) is 4.52 Å². The van der Waals surface area contributed by atoms with Crippen LogP contribution in [0.1, 0.15) is 13.8 Å². The van der Waals surface area contributed by atoms with Gasteiger partial charge in [0.2, 0.25) is 0 Å². The summed E-state index contributed by atoms with van der Waals surface area (Å²) < 4.78 is 14.2. The van der Waals surface area contributed by atoms with Gasteiger partial charge in [-0.1, -0.05) is 0 Å². The van der Waals surface area contributed by atoms with Crippen molar-refractivity contribution in [1.29, 1.82) is 0 Å². The smallest absolute Gasteiger partial charge is 0.391 e. The van der Waals surface area contributed by atoms with E-state index in [1.165, 1.54) is 13.8 Å². The van der Waals surface area contributed by atoms with Gasteiger partial charge in [-0.2, -0.15) is 0 Å². The fourth-order valence-electron chi connectivity index (χ4n) is 0.305. The highest BCUT2D eigenvalue weighted by Crippen LogP contribution is 2.37. The Morgan fingerprint density at radius 1 is 1.40 bits per heavy atom. The van der Waals surface area contributed by atoms with Gasteiger partial charge in [0.15, 0.2) is 0 Å². The molecule has 0 aliphatic carbocycles. The van der Waals surface area contributed by atoms with Crippen molar-refractivity contribution in [2.24, 2.45) is 0 Å². The van der Waals surface area contributed by atoms with E-state index in [0.717, 1.165) is 0 Å². The first kappa shape index (κ1) is 10.1. The van der Waals surface area contributed by atoms with E-state index in [0.29, 0.717) is 0 Å². The van der Waals surface area contributed by atoms with Crippen molar-refractivity contribution >= 4 is 7.82 Å². The Morgan fingerprint density at radius 2 is 1.80 bits per heavy atom. The SMILES string of the molecule is CC(O)C(C)OP(=O)(O)O. The first-order valence-corrected chi connectivity index (χ1v) is 4.28. The van der Waals surface area contributed by atoms with Crippen molar-refractivity contribution in [3.05, 3.63) is 0 Å². The van der Waals surface area contributed by atoms with Crippen LogP contribution >= 0.6 is 7.82 Å². The summed E-state index contributed by atoms with van der Waals surface area (Å²) in [6.07, 6.45) is -1.73. The molecule has 0 spiro atoms. The molecule has 6 heteroatoms. The predicted octanol–water partition coefficient (Wildman–Crippen LogP) is -0.135. The van der Waals surface area contributed by atoms with Crippen LogP contribution in [0, 0.1) is 0 Å². The second kappa shape index (κ2) is 3.46. The maximum absolute atomic E-state index is 10.1. The van der Waals surface area contributed by atoms with Gasteiger partial charge in [0.1, 0.15) is 0 Å². The number of hydrogen-bond acceptors (Lipinski definition) is 3. The maximum atomic E-state index is 10.1. The lowest BCUT2D eigenvalue weighted by Crippen LogP contribution is -2.21. The predicted molar refractivity (Wildman–Crippen MR) is 34.3 cm³/mol. The summed E-state index contributed by atoms with van der Waals surface area (Å²) in [5.41, 5.74) is 0. The fraction of sp³-hybridized carbons (Fsp3) is 1.00. The Bertz CT molecular complexity index is 139. The van der Waals surface area contributed by atoms with Gasteiger partial charge in [0.05, 0.1) is 12.2 Å². The molecule has 0 fully saturated rings. The summed E-state index contributed by atoms with van der Waals surface area (Å²) in [5, 5.41) is 8.72. The number of rotatable bonds is 3. The average molecular weight is 170 g/mol. The van der Waals surface area contributed by atoms with Crippen LogP contribution in [0.25, 0.3) is 0 Å². The zero-order chi connectivity index (χ0) is 8.36. The average Bonchev–Trinajstić information content (AvgIpc) is 1.60. The molecule has 2 unspecified atom stereocenters. The molecule has 62 valence electrons. The molecule has 3 N–H and O–H groups in total. The largest absolute Gasteiger partial charge is 0.469 e. The second-order valence-corrected chi connectivity index (χ2v) is 3.23. The lowest BCUT2D eigenvalue weighted by Gasteiger charge is -2.15. The molecule has 2 atom stereocenters. The van der Waals surface area contributed by atoms with Gasteiger partial charge in [-0.25, -0.2) is 4.57 Å². The van der Waals surface area contributed by atoms with Crippen molar-refractivity contribution in [3.8, 4) is 0 Å². The van der Waals surface area contributed by atoms with Crippen molar-refractivity contribution in [2.45, 2.75) is 26.1 Å². The van der Waals surface area contributed by atoms with Crippen LogP contribution in [-0.4, -0.2) is 27.1 Å². The van der Waals surface area contributed by atoms with Gasteiger partial charge in [0.25, 0.3) is 0 Å². The molecule has 0 rings (SSSR count). The summed E-state index contributed by atoms with van der Waals surface area (Å²) in [5.74, 6) is 0. The van der Waals surface area contributed by atoms with Crippen molar-refractivity contribution in [2.75, 3.05) is 0 Å². The quantitative estimate of drug-likeness (QED) is 0.513. The van der Waals surface area contributed by atoms with E-state index in [-0.39, 0.29) is 0 Å². The molecular formula is C4H11O5P. The van der Waals surface area contributed by atoms with E-state index in [2.05, 4.69) is 4.52 Å². The van der Waals surface area contributed by atoms with Crippen molar-refractivity contribution in [1.82, 2.24) is 0 Å². The molecule has 0 radical (unpaired) electrons. The fourth-order valence-corrected chi connectivity index (χ4v) is 0.914. The summed E-state index contributed by atoms with van der Waals surface area (Å²) in [7, 11) is -4.44. The summed E-state index contributed by atoms with van der Waals surface area (Å²) >= 11 is 0. The first-order chi connectivity index (χ1) is 4.33. The van der Waals surface area contributed by atoms with Crippen LogP contribution in [0.4, 0.5) is 0 Å². The van der Waals surface area contributed by atoms with Crippen molar-refractivity contribution < 1.29 is 24.0 Å². The van der Waals surface area contributed by atoms with Crippen LogP contribution in [0.2, 0.25) is 0 Å². The second-order valence-electron chi connectivity index (χ2n) is 2.04. The molecule has 5 nitrogen and oxygen atoms in total. The van der Waals surface area contributed by atoms with Crippen LogP contribution in [-0.2, 0) is 9.09 Å². The number of phosphoric acid groups is 1. The molecule has 0 aliphatic rings. The molecule has 0 aromatic rings. The standard InChI is InChI=1S/C4H11O5P/c1-3(5)4(2)9-10(6,7)8/h3-5H,1-2H3,(H2,6,7,8). The summed E-state index contributed by atoms with van der Waals surface area (Å²) in [6, 6.07) is 0. The van der Waals surface area contributed by atoms with E-state index in [1.807, 2.05) is 0 Å². The van der Waals surface area contributed by atoms with E-state index in [4.69, 9.17) is 14.9 Å². The minimum Gasteiger partial charge on any atom is -0.391 e. The molecule has 0 amide bonds. The minimum atomic E-state index is -4.44. The molecular weight excluding hydrogens is 159 g/mol. The van der Waals surface area contributed by atoms with Gasteiger partial charge in [-0.05, 0) is 13.8 Å². The number of phosphoric ester groups is 1. The third-order valence-corrected chi connectivity index (χ3v) is 1.59. The first-order valence-electron chi connectivity index (χ1n) is 2.75. The summed E-state index contributed by atoms with van der Waals surface area (Å²) in [6.45, 7) is 2.77. The molecule has 0 bridgehead atoms. The zero-order valence-electron chi connectivity index (χ0n) is 5.76. The summed E-state index contributed by atoms with van der Waals surface area (Å²) in [4.78, 5) is 16.4. The minimum absolute atomic E-state index is 0.846. The van der Waals surface area contributed by atoms with Gasteiger partial charge >= 0.3 is 7.82 Å². The topological polar surface area (TPSA) is 87.0 Å². The van der Waals surface area contributed by atoms with Gasteiger partial charge < -0.3 is 14.9 Å². The number of aliphatic hydroxyl groups excluding tert-OH is 1. The molecule has 0 saturated heterocycles. The third kappa shape index (κ3) is 4.90. The van der Waals surface area contributed by atoms with Crippen molar-refractivity contribution in [3.63, 3.8) is 0 Å². The Hall–Kier alpha value is 0.0700. The Kier molecular flexibility index (Phi) is 3.48. The van der Waals surface area contributed by atoms with Crippen LogP contribution in [0.5, 0.6) is 0 Å². The Morgan fingerprint density at radius 3 is 1.90 bits per heavy atom. The van der Waals surface area contributed by atoms with Gasteiger partial charge in [0, 0.05) is 0 Å². The highest BCUT2D eigenvalue weighted by Gasteiger charge is 2.21. The maximum Gasteiger partial charge on any atom is 0.469 e. The van der Waals surface area contributed by atoms with Gasteiger partial charge in [-0.15, -0.1) is 0 Å². The molecule has 0 aromatic carbocycles. The molecule has 0 aliphatic heterocycles. The zero-order valence-corrected chi connectivity index (χ0v) is 6.65. The molecule has 0 heterocycles. The molecule has 10 heavy (non-hydrogen) atoms. The van der Waals surface area contributed by atoms with Crippen LogP contribution < -0.4 is 0 Å². The van der Waals surface area contributed by atoms with Crippen LogP contribution in [0.15, 0.2) is 0 Å². The Balaban J connectivity index is 3.80. The van der Waals surface area contributed by atoms with Crippen LogP contribution in [0.3, 0.4) is 0 Å². The normalized spacial score (nSPS) is 18.5. The lowest BCUT2D eigenvalue weighted by atomic mass is 10.3. The third-order valence-electron chi connectivity index (χ3n) is 0.983. The van der Waals surface area contributed by atoms with E-state index in [1.54, 1.807) is 0 Å². The number of aliphatic hydroxyl groups is 1. The monoisotopic (exact) mass is 170 g/mol. The van der Waals surface area contributed by atoms with E-state index < -0.39 is 20.0 Å². The van der Waals surface area contributed by atoms with E-state index in [9.17, 15) is 4.57 Å². The highest BCUT2D eigenvalue weighted by atomic mass is 31.2. The molecule has 0 aromatic heterocycles. The van der Waals surface area contributed by atoms with E-state index >= 15 is 0 Å². The molecule has 0 saturated carbocycles.